The zero-order valence-electron chi connectivity index (χ0n) is 18.4. The Hall–Kier alpha value is -2.61. The minimum absolute atomic E-state index is 0.0610. The van der Waals surface area contributed by atoms with Gasteiger partial charge in [-0.15, -0.1) is 0 Å². The van der Waals surface area contributed by atoms with Gasteiger partial charge < -0.3 is 24.6 Å². The number of aliphatic hydroxyl groups excluding tert-OH is 1. The van der Waals surface area contributed by atoms with E-state index in [0.29, 0.717) is 23.1 Å². The monoisotopic (exact) mass is 470 g/mol. The largest absolute Gasteiger partial charge is 0.495 e. The molecule has 4 rings (SSSR count). The third kappa shape index (κ3) is 4.08. The number of ether oxygens (including phenoxy) is 1. The van der Waals surface area contributed by atoms with Crippen LogP contribution in [0.15, 0.2) is 48.7 Å². The van der Waals surface area contributed by atoms with Crippen molar-refractivity contribution in [2.45, 2.75) is 32.4 Å². The Morgan fingerprint density at radius 2 is 2.03 bits per heavy atom. The van der Waals surface area contributed by atoms with Crippen LogP contribution in [0.1, 0.15) is 41.1 Å². The lowest BCUT2D eigenvalue weighted by Gasteiger charge is -2.28. The number of aliphatic hydroxyl groups is 1. The van der Waals surface area contributed by atoms with Gasteiger partial charge in [0.25, 0.3) is 0 Å². The molecule has 1 saturated heterocycles. The van der Waals surface area contributed by atoms with E-state index in [1.165, 1.54) is 0 Å². The van der Waals surface area contributed by atoms with Gasteiger partial charge in [0.1, 0.15) is 5.75 Å². The van der Waals surface area contributed by atoms with Crippen LogP contribution in [-0.4, -0.2) is 44.9 Å². The van der Waals surface area contributed by atoms with Gasteiger partial charge in [-0.25, -0.2) is 0 Å². The van der Waals surface area contributed by atoms with Gasteiger partial charge in [0, 0.05) is 35.8 Å². The molecule has 0 spiro atoms. The molecule has 0 unspecified atom stereocenters. The summed E-state index contributed by atoms with van der Waals surface area (Å²) in [4.78, 5) is 6.76. The van der Waals surface area contributed by atoms with Crippen molar-refractivity contribution in [2.24, 2.45) is 0 Å². The van der Waals surface area contributed by atoms with Gasteiger partial charge in [-0.1, -0.05) is 17.7 Å². The Balaban J connectivity index is 1.85. The standard InChI is InChI=1S/C24H27ClN4O2S/c1-15-13-18(16(2)29(15)20-14-17(25)8-9-21(20)31-3)23-22(19-7-4-5-10-26-19)27-24(32)28(23)11-6-12-30/h4-5,7-10,13-14,22-23,30H,6,11-12H2,1-3H3,(H,27,32)/t22-,23+/m0/s1. The number of hydrogen-bond acceptors (Lipinski definition) is 4. The Labute approximate surface area is 198 Å². The number of hydrogen-bond donors (Lipinski definition) is 2. The zero-order valence-corrected chi connectivity index (χ0v) is 20.0. The SMILES string of the molecule is COc1ccc(Cl)cc1-n1c(C)cc([C@@H]2[C@H](c3ccccn3)NC(=S)N2CCCO)c1C. The fourth-order valence-corrected chi connectivity index (χ4v) is 5.02. The van der Waals surface area contributed by atoms with Crippen molar-refractivity contribution < 1.29 is 9.84 Å². The first-order valence-corrected chi connectivity index (χ1v) is 11.4. The van der Waals surface area contributed by atoms with E-state index in [-0.39, 0.29) is 18.7 Å². The molecule has 1 aliphatic heterocycles. The van der Waals surface area contributed by atoms with Crippen LogP contribution in [0.25, 0.3) is 5.69 Å². The quantitative estimate of drug-likeness (QED) is 0.495. The first-order valence-electron chi connectivity index (χ1n) is 10.6. The van der Waals surface area contributed by atoms with Crippen LogP contribution in [0.4, 0.5) is 0 Å². The molecule has 0 bridgehead atoms. The number of thiocarbonyl (C=S) groups is 1. The van der Waals surface area contributed by atoms with Gasteiger partial charge in [0.15, 0.2) is 5.11 Å². The second-order valence-electron chi connectivity index (χ2n) is 7.88. The normalized spacial score (nSPS) is 18.2. The van der Waals surface area contributed by atoms with Crippen molar-refractivity contribution >= 4 is 28.9 Å². The summed E-state index contributed by atoms with van der Waals surface area (Å²) in [5, 5.41) is 14.2. The second-order valence-corrected chi connectivity index (χ2v) is 8.70. The van der Waals surface area contributed by atoms with Crippen molar-refractivity contribution in [1.29, 1.82) is 0 Å². The molecule has 3 heterocycles. The van der Waals surface area contributed by atoms with Crippen LogP contribution in [0.5, 0.6) is 5.75 Å². The number of nitrogens with one attached hydrogen (secondary N) is 1. The van der Waals surface area contributed by atoms with Crippen LogP contribution in [0, 0.1) is 13.8 Å². The first-order chi connectivity index (χ1) is 15.5. The van der Waals surface area contributed by atoms with Crippen LogP contribution < -0.4 is 10.1 Å². The maximum Gasteiger partial charge on any atom is 0.170 e. The highest BCUT2D eigenvalue weighted by Crippen LogP contribution is 2.42. The fourth-order valence-electron chi connectivity index (χ4n) is 4.52. The summed E-state index contributed by atoms with van der Waals surface area (Å²) in [5.74, 6) is 0.751. The van der Waals surface area contributed by atoms with Crippen LogP contribution in [0.2, 0.25) is 5.02 Å². The Kier molecular flexibility index (Phi) is 6.69. The molecular weight excluding hydrogens is 444 g/mol. The van der Waals surface area contributed by atoms with E-state index >= 15 is 0 Å². The highest BCUT2D eigenvalue weighted by molar-refractivity contribution is 7.80. The number of methoxy groups -OCH3 is 1. The number of rotatable bonds is 7. The molecule has 6 nitrogen and oxygen atoms in total. The van der Waals surface area contributed by atoms with Gasteiger partial charge in [-0.05, 0) is 74.4 Å². The van der Waals surface area contributed by atoms with E-state index in [2.05, 4.69) is 39.7 Å². The molecule has 1 aliphatic rings. The molecule has 1 fully saturated rings. The summed E-state index contributed by atoms with van der Waals surface area (Å²) >= 11 is 12.0. The maximum absolute atomic E-state index is 9.45. The van der Waals surface area contributed by atoms with Crippen LogP contribution in [-0.2, 0) is 0 Å². The molecule has 0 saturated carbocycles. The molecule has 2 atom stereocenters. The number of benzene rings is 1. The third-order valence-corrected chi connectivity index (χ3v) is 6.51. The van der Waals surface area contributed by atoms with Crippen molar-refractivity contribution in [2.75, 3.05) is 20.3 Å². The van der Waals surface area contributed by atoms with Gasteiger partial charge in [0.05, 0.1) is 30.6 Å². The number of nitrogens with zero attached hydrogens (tertiary/aromatic N) is 3. The average molecular weight is 471 g/mol. The zero-order chi connectivity index (χ0) is 22.8. The number of aromatic nitrogens is 2. The third-order valence-electron chi connectivity index (χ3n) is 5.93. The van der Waals surface area contributed by atoms with Gasteiger partial charge in [0.2, 0.25) is 0 Å². The van der Waals surface area contributed by atoms with Gasteiger partial charge >= 0.3 is 0 Å². The topological polar surface area (TPSA) is 62.5 Å². The summed E-state index contributed by atoms with van der Waals surface area (Å²) in [6.45, 7) is 4.94. The summed E-state index contributed by atoms with van der Waals surface area (Å²) in [5.41, 5.74) is 5.11. The molecule has 0 radical (unpaired) electrons. The van der Waals surface area contributed by atoms with Crippen LogP contribution >= 0.6 is 23.8 Å². The van der Waals surface area contributed by atoms with Crippen molar-refractivity contribution in [3.05, 3.63) is 76.3 Å². The van der Waals surface area contributed by atoms with Crippen LogP contribution in [0.3, 0.4) is 0 Å². The van der Waals surface area contributed by atoms with E-state index in [4.69, 9.17) is 28.6 Å². The maximum atomic E-state index is 9.45. The summed E-state index contributed by atoms with van der Waals surface area (Å²) in [6.07, 6.45) is 2.43. The predicted octanol–water partition coefficient (Wildman–Crippen LogP) is 4.51. The lowest BCUT2D eigenvalue weighted by atomic mass is 9.96. The molecule has 1 aromatic carbocycles. The highest BCUT2D eigenvalue weighted by Gasteiger charge is 2.41. The molecule has 0 aliphatic carbocycles. The van der Waals surface area contributed by atoms with E-state index in [1.807, 2.05) is 36.4 Å². The Bertz CT molecular complexity index is 1120. The lowest BCUT2D eigenvalue weighted by molar-refractivity contribution is 0.247. The smallest absolute Gasteiger partial charge is 0.170 e. The number of pyridine rings is 1. The molecule has 2 aromatic heterocycles. The summed E-state index contributed by atoms with van der Waals surface area (Å²) < 4.78 is 7.79. The van der Waals surface area contributed by atoms with E-state index < -0.39 is 0 Å². The minimum Gasteiger partial charge on any atom is -0.495 e. The molecule has 0 amide bonds. The average Bonchev–Trinajstić information content (AvgIpc) is 3.27. The molecule has 3 aromatic rings. The lowest BCUT2D eigenvalue weighted by Crippen LogP contribution is -2.31. The first kappa shape index (κ1) is 22.6. The molecule has 8 heteroatoms. The van der Waals surface area contributed by atoms with Crippen molar-refractivity contribution in [1.82, 2.24) is 19.8 Å². The summed E-state index contributed by atoms with van der Waals surface area (Å²) in [6, 6.07) is 13.6. The summed E-state index contributed by atoms with van der Waals surface area (Å²) in [7, 11) is 1.66. The Morgan fingerprint density at radius 3 is 2.72 bits per heavy atom. The van der Waals surface area contributed by atoms with Crippen molar-refractivity contribution in [3.8, 4) is 11.4 Å². The van der Waals surface area contributed by atoms with E-state index in [0.717, 1.165) is 34.1 Å². The molecular formula is C24H27ClN4O2S. The molecule has 168 valence electrons. The number of aryl methyl sites for hydroxylation is 1. The van der Waals surface area contributed by atoms with E-state index in [9.17, 15) is 5.11 Å². The van der Waals surface area contributed by atoms with Crippen molar-refractivity contribution in [3.63, 3.8) is 0 Å². The second kappa shape index (κ2) is 9.48. The number of halogens is 1. The van der Waals surface area contributed by atoms with E-state index in [1.54, 1.807) is 13.3 Å². The Morgan fingerprint density at radius 1 is 1.22 bits per heavy atom. The van der Waals surface area contributed by atoms with Gasteiger partial charge in [-0.2, -0.15) is 0 Å². The molecule has 2 N–H and O–H groups in total. The minimum atomic E-state index is -0.0994. The fraction of sp³-hybridized carbons (Fsp3) is 0.333. The predicted molar refractivity (Wildman–Crippen MR) is 131 cm³/mol. The molecule has 32 heavy (non-hydrogen) atoms. The van der Waals surface area contributed by atoms with Gasteiger partial charge in [-0.3, -0.25) is 4.98 Å². The highest BCUT2D eigenvalue weighted by atomic mass is 35.5.